The van der Waals surface area contributed by atoms with Crippen LogP contribution in [0.1, 0.15) is 51.4 Å². The van der Waals surface area contributed by atoms with Crippen molar-refractivity contribution in [3.8, 4) is 0 Å². The van der Waals surface area contributed by atoms with Crippen molar-refractivity contribution in [1.29, 1.82) is 0 Å². The number of nitro groups is 1. The van der Waals surface area contributed by atoms with Crippen LogP contribution in [-0.4, -0.2) is 35.9 Å². The number of carbonyl (C=O) groups excluding carboxylic acids is 1. The number of likely N-dealkylation sites (tertiary alicyclic amines) is 1. The number of hydrogen-bond acceptors (Lipinski definition) is 4. The second-order valence-corrected chi connectivity index (χ2v) is 6.24. The third-order valence-electron chi connectivity index (χ3n) is 4.84. The van der Waals surface area contributed by atoms with Crippen molar-refractivity contribution in [2.24, 2.45) is 5.73 Å². The summed E-state index contributed by atoms with van der Waals surface area (Å²) in [7, 11) is 2.00. The fourth-order valence-corrected chi connectivity index (χ4v) is 3.52. The van der Waals surface area contributed by atoms with Crippen molar-refractivity contribution in [2.45, 2.75) is 39.5 Å². The third kappa shape index (κ3) is 2.70. The van der Waals surface area contributed by atoms with Gasteiger partial charge in [0, 0.05) is 23.6 Å². The van der Waals surface area contributed by atoms with Crippen LogP contribution in [0.5, 0.6) is 0 Å². The molecule has 1 saturated heterocycles. The maximum atomic E-state index is 12.0. The first-order valence-electron chi connectivity index (χ1n) is 7.52. The van der Waals surface area contributed by atoms with Gasteiger partial charge in [0.25, 0.3) is 5.69 Å². The number of piperidine rings is 1. The van der Waals surface area contributed by atoms with Gasteiger partial charge in [-0.15, -0.1) is 0 Å². The molecule has 0 spiro atoms. The van der Waals surface area contributed by atoms with Gasteiger partial charge in [-0.2, -0.15) is 0 Å². The first-order valence-corrected chi connectivity index (χ1v) is 7.52. The first kappa shape index (κ1) is 16.4. The van der Waals surface area contributed by atoms with Crippen molar-refractivity contribution in [1.82, 2.24) is 4.90 Å². The minimum absolute atomic E-state index is 0.0281. The minimum Gasteiger partial charge on any atom is -0.366 e. The van der Waals surface area contributed by atoms with Crippen LogP contribution in [0.4, 0.5) is 5.69 Å². The highest BCUT2D eigenvalue weighted by Crippen LogP contribution is 2.40. The van der Waals surface area contributed by atoms with E-state index in [9.17, 15) is 14.9 Å². The quantitative estimate of drug-likeness (QED) is 0.686. The third-order valence-corrected chi connectivity index (χ3v) is 4.84. The summed E-state index contributed by atoms with van der Waals surface area (Å²) in [5, 5.41) is 11.6. The summed E-state index contributed by atoms with van der Waals surface area (Å²) in [6.45, 7) is 7.06. The van der Waals surface area contributed by atoms with Crippen LogP contribution in [0.15, 0.2) is 0 Å². The molecule has 1 unspecified atom stereocenters. The molecule has 0 aromatic heterocycles. The zero-order valence-electron chi connectivity index (χ0n) is 13.6. The number of carbonyl (C=O) groups is 1. The van der Waals surface area contributed by atoms with E-state index in [0.717, 1.165) is 30.5 Å². The number of nitro benzene ring substituents is 1. The topological polar surface area (TPSA) is 89.5 Å². The van der Waals surface area contributed by atoms with Crippen LogP contribution in [0.25, 0.3) is 0 Å². The molecule has 6 nitrogen and oxygen atoms in total. The number of hydrogen-bond donors (Lipinski definition) is 1. The molecule has 0 bridgehead atoms. The molecule has 1 fully saturated rings. The zero-order chi connectivity index (χ0) is 16.6. The standard InChI is InChI=1S/C16H23N3O3/c1-9-10(2)13(16(17)20)14(15(11(9)3)19(21)22)12-6-5-7-18(4)8-12/h12H,5-8H2,1-4H3,(H2,17,20). The smallest absolute Gasteiger partial charge is 0.276 e. The Bertz CT molecular complexity index is 599. The number of primary amides is 1. The Kier molecular flexibility index (Phi) is 4.51. The zero-order valence-corrected chi connectivity index (χ0v) is 13.6. The molecule has 1 aliphatic rings. The van der Waals surface area contributed by atoms with Gasteiger partial charge in [-0.3, -0.25) is 14.9 Å². The first-order chi connectivity index (χ1) is 10.3. The van der Waals surface area contributed by atoms with E-state index >= 15 is 0 Å². The monoisotopic (exact) mass is 305 g/mol. The van der Waals surface area contributed by atoms with E-state index in [0.29, 0.717) is 23.2 Å². The number of benzene rings is 1. The van der Waals surface area contributed by atoms with Gasteiger partial charge in [0.1, 0.15) is 0 Å². The van der Waals surface area contributed by atoms with Crippen molar-refractivity contribution >= 4 is 11.6 Å². The van der Waals surface area contributed by atoms with Crippen molar-refractivity contribution < 1.29 is 9.72 Å². The molecule has 1 aliphatic heterocycles. The number of nitrogens with zero attached hydrogens (tertiary/aromatic N) is 2. The molecule has 1 atom stereocenters. The molecule has 6 heteroatoms. The largest absolute Gasteiger partial charge is 0.366 e. The van der Waals surface area contributed by atoms with Gasteiger partial charge in [0.05, 0.1) is 10.5 Å². The Morgan fingerprint density at radius 3 is 2.41 bits per heavy atom. The van der Waals surface area contributed by atoms with E-state index < -0.39 is 5.91 Å². The van der Waals surface area contributed by atoms with Gasteiger partial charge < -0.3 is 10.6 Å². The summed E-state index contributed by atoms with van der Waals surface area (Å²) in [6, 6.07) is 0. The summed E-state index contributed by atoms with van der Waals surface area (Å²) >= 11 is 0. The molecule has 2 N–H and O–H groups in total. The van der Waals surface area contributed by atoms with Gasteiger partial charge in [0.2, 0.25) is 5.91 Å². The number of amides is 1. The van der Waals surface area contributed by atoms with E-state index in [1.807, 2.05) is 14.0 Å². The van der Waals surface area contributed by atoms with Crippen LogP contribution >= 0.6 is 0 Å². The molecule has 120 valence electrons. The molecular formula is C16H23N3O3. The van der Waals surface area contributed by atoms with E-state index in [-0.39, 0.29) is 16.5 Å². The average Bonchev–Trinajstić information content (AvgIpc) is 2.43. The Morgan fingerprint density at radius 2 is 1.91 bits per heavy atom. The molecule has 0 aliphatic carbocycles. The van der Waals surface area contributed by atoms with Crippen molar-refractivity contribution in [2.75, 3.05) is 20.1 Å². The van der Waals surface area contributed by atoms with Gasteiger partial charge in [-0.1, -0.05) is 0 Å². The summed E-state index contributed by atoms with van der Waals surface area (Å²) in [6.07, 6.45) is 1.80. The Hall–Kier alpha value is -1.95. The van der Waals surface area contributed by atoms with E-state index in [4.69, 9.17) is 5.73 Å². The maximum Gasteiger partial charge on any atom is 0.276 e. The average molecular weight is 305 g/mol. The van der Waals surface area contributed by atoms with E-state index in [1.165, 1.54) is 0 Å². The van der Waals surface area contributed by atoms with Crippen molar-refractivity contribution in [3.05, 3.63) is 37.9 Å². The number of likely N-dealkylation sites (N-methyl/N-ethyl adjacent to an activating group) is 1. The molecule has 1 heterocycles. The molecule has 0 radical (unpaired) electrons. The van der Waals surface area contributed by atoms with Crippen LogP contribution < -0.4 is 5.73 Å². The van der Waals surface area contributed by atoms with Gasteiger partial charge in [0.15, 0.2) is 0 Å². The Balaban J connectivity index is 2.78. The minimum atomic E-state index is -0.577. The molecule has 1 aromatic carbocycles. The van der Waals surface area contributed by atoms with Crippen LogP contribution in [0, 0.1) is 30.9 Å². The lowest BCUT2D eigenvalue weighted by Gasteiger charge is -2.31. The predicted octanol–water partition coefficient (Wildman–Crippen LogP) is 2.43. The highest BCUT2D eigenvalue weighted by molar-refractivity contribution is 5.98. The van der Waals surface area contributed by atoms with Crippen LogP contribution in [0.3, 0.4) is 0 Å². The highest BCUT2D eigenvalue weighted by Gasteiger charge is 2.34. The molecule has 2 rings (SSSR count). The maximum absolute atomic E-state index is 12.0. The predicted molar refractivity (Wildman–Crippen MR) is 85.3 cm³/mol. The second kappa shape index (κ2) is 6.04. The Labute approximate surface area is 130 Å². The van der Waals surface area contributed by atoms with Crippen molar-refractivity contribution in [3.63, 3.8) is 0 Å². The van der Waals surface area contributed by atoms with E-state index in [2.05, 4.69) is 4.90 Å². The van der Waals surface area contributed by atoms with Crippen LogP contribution in [0.2, 0.25) is 0 Å². The molecule has 1 amide bonds. The molecule has 0 saturated carbocycles. The fraction of sp³-hybridized carbons (Fsp3) is 0.562. The lowest BCUT2D eigenvalue weighted by atomic mass is 9.81. The lowest BCUT2D eigenvalue weighted by molar-refractivity contribution is -0.386. The fourth-order valence-electron chi connectivity index (χ4n) is 3.52. The normalized spacial score (nSPS) is 19.2. The summed E-state index contributed by atoms with van der Waals surface area (Å²) in [4.78, 5) is 25.4. The van der Waals surface area contributed by atoms with Crippen LogP contribution in [-0.2, 0) is 0 Å². The van der Waals surface area contributed by atoms with E-state index in [1.54, 1.807) is 13.8 Å². The van der Waals surface area contributed by atoms with Gasteiger partial charge in [-0.05, 0) is 58.3 Å². The molecule has 22 heavy (non-hydrogen) atoms. The Morgan fingerprint density at radius 1 is 1.27 bits per heavy atom. The lowest BCUT2D eigenvalue weighted by Crippen LogP contribution is -2.33. The second-order valence-electron chi connectivity index (χ2n) is 6.24. The summed E-state index contributed by atoms with van der Waals surface area (Å²) in [5.74, 6) is -0.605. The van der Waals surface area contributed by atoms with Gasteiger partial charge in [-0.25, -0.2) is 0 Å². The SMILES string of the molecule is Cc1c(C)c(C(N)=O)c(C2CCCN(C)C2)c([N+](=O)[O-])c1C. The summed E-state index contributed by atoms with van der Waals surface area (Å²) < 4.78 is 0. The van der Waals surface area contributed by atoms with Gasteiger partial charge >= 0.3 is 0 Å². The number of nitrogens with two attached hydrogens (primary N) is 1. The molecule has 1 aromatic rings. The highest BCUT2D eigenvalue weighted by atomic mass is 16.6. The molecular weight excluding hydrogens is 282 g/mol. The summed E-state index contributed by atoms with van der Waals surface area (Å²) in [5.41, 5.74) is 8.68. The number of rotatable bonds is 3.